The second kappa shape index (κ2) is 5.21. The lowest BCUT2D eigenvalue weighted by molar-refractivity contribution is -0.131. The average Bonchev–Trinajstić information content (AvgIpc) is 2.95. The fourth-order valence-electron chi connectivity index (χ4n) is 1.78. The molecule has 0 aliphatic heterocycles. The van der Waals surface area contributed by atoms with Crippen LogP contribution in [0.5, 0.6) is 0 Å². The highest BCUT2D eigenvalue weighted by atomic mass is 35.5. The number of hydrogen-bond donors (Lipinski definition) is 1. The van der Waals surface area contributed by atoms with Gasteiger partial charge in [0.05, 0.1) is 10.9 Å². The highest BCUT2D eigenvalue weighted by molar-refractivity contribution is 7.80. The average molecular weight is 290 g/mol. The largest absolute Gasteiger partial charge is 0.341 e. The Balaban J connectivity index is 1.87. The summed E-state index contributed by atoms with van der Waals surface area (Å²) in [4.78, 5) is 14.9. The summed E-state index contributed by atoms with van der Waals surface area (Å²) < 4.78 is 0.773. The number of carbonyl (C=O) groups excluding carboxylic acids is 1. The van der Waals surface area contributed by atoms with Gasteiger partial charge in [0.1, 0.15) is 0 Å². The molecule has 94 valence electrons. The molecule has 1 saturated carbocycles. The van der Waals surface area contributed by atoms with E-state index in [1.165, 1.54) is 11.3 Å². The van der Waals surface area contributed by atoms with E-state index < -0.39 is 0 Å². The van der Waals surface area contributed by atoms with E-state index in [2.05, 4.69) is 12.6 Å². The third kappa shape index (κ3) is 3.39. The van der Waals surface area contributed by atoms with E-state index in [0.717, 1.165) is 27.8 Å². The Morgan fingerprint density at radius 2 is 2.29 bits per heavy atom. The maximum absolute atomic E-state index is 12.0. The second-order valence-corrected chi connectivity index (χ2v) is 6.91. The minimum atomic E-state index is 0.196. The smallest absolute Gasteiger partial charge is 0.223 e. The number of thiophene rings is 1. The molecule has 1 heterocycles. The summed E-state index contributed by atoms with van der Waals surface area (Å²) >= 11 is 11.7. The molecule has 2 nitrogen and oxygen atoms in total. The predicted octanol–water partition coefficient (Wildman–Crippen LogP) is 3.46. The molecule has 1 aromatic heterocycles. The molecule has 1 aliphatic rings. The highest BCUT2D eigenvalue weighted by Gasteiger charge is 2.43. The van der Waals surface area contributed by atoms with Crippen molar-refractivity contribution < 1.29 is 4.79 Å². The van der Waals surface area contributed by atoms with Gasteiger partial charge in [-0.15, -0.1) is 11.3 Å². The molecule has 2 rings (SSSR count). The van der Waals surface area contributed by atoms with E-state index >= 15 is 0 Å². The van der Waals surface area contributed by atoms with Crippen molar-refractivity contribution in [2.24, 2.45) is 5.41 Å². The zero-order chi connectivity index (χ0) is 12.5. The fourth-order valence-corrected chi connectivity index (χ4v) is 3.35. The number of carbonyl (C=O) groups is 1. The van der Waals surface area contributed by atoms with Gasteiger partial charge in [-0.3, -0.25) is 4.79 Å². The monoisotopic (exact) mass is 289 g/mol. The van der Waals surface area contributed by atoms with Gasteiger partial charge in [0.15, 0.2) is 0 Å². The van der Waals surface area contributed by atoms with Crippen LogP contribution in [0.2, 0.25) is 4.34 Å². The van der Waals surface area contributed by atoms with Crippen molar-refractivity contribution in [1.29, 1.82) is 0 Å². The minimum absolute atomic E-state index is 0.196. The van der Waals surface area contributed by atoms with Gasteiger partial charge in [-0.05, 0) is 36.1 Å². The quantitative estimate of drug-likeness (QED) is 0.823. The molecule has 0 radical (unpaired) electrons. The number of thiol groups is 1. The summed E-state index contributed by atoms with van der Waals surface area (Å²) in [7, 11) is 1.85. The van der Waals surface area contributed by atoms with E-state index in [4.69, 9.17) is 11.6 Å². The van der Waals surface area contributed by atoms with E-state index in [-0.39, 0.29) is 11.3 Å². The topological polar surface area (TPSA) is 20.3 Å². The molecule has 1 amide bonds. The first-order valence-electron chi connectivity index (χ1n) is 5.64. The van der Waals surface area contributed by atoms with E-state index in [1.54, 1.807) is 4.90 Å². The Labute approximate surface area is 116 Å². The fraction of sp³-hybridized carbons (Fsp3) is 0.583. The third-order valence-corrected chi connectivity index (χ3v) is 5.15. The standard InChI is InChI=1S/C12H16ClNOS2/c1-14(7-9-2-3-10(13)17-9)11(15)6-12(8-16)4-5-12/h2-3,16H,4-8H2,1H3. The van der Waals surface area contributed by atoms with Gasteiger partial charge >= 0.3 is 0 Å². The first kappa shape index (κ1) is 13.2. The van der Waals surface area contributed by atoms with Crippen LogP contribution in [0, 0.1) is 5.41 Å². The molecule has 17 heavy (non-hydrogen) atoms. The van der Waals surface area contributed by atoms with Crippen molar-refractivity contribution in [3.63, 3.8) is 0 Å². The lowest BCUT2D eigenvalue weighted by atomic mass is 10.0. The maximum Gasteiger partial charge on any atom is 0.223 e. The highest BCUT2D eigenvalue weighted by Crippen LogP contribution is 2.49. The van der Waals surface area contributed by atoms with Crippen LogP contribution >= 0.6 is 35.6 Å². The lowest BCUT2D eigenvalue weighted by Gasteiger charge is -2.19. The molecule has 0 bridgehead atoms. The normalized spacial score (nSPS) is 16.9. The van der Waals surface area contributed by atoms with Crippen LogP contribution in [0.1, 0.15) is 24.1 Å². The van der Waals surface area contributed by atoms with Crippen LogP contribution in [0.25, 0.3) is 0 Å². The Bertz CT molecular complexity index is 414. The summed E-state index contributed by atoms with van der Waals surface area (Å²) in [6, 6.07) is 3.85. The van der Waals surface area contributed by atoms with Gasteiger partial charge in [0, 0.05) is 18.3 Å². The van der Waals surface area contributed by atoms with E-state index in [9.17, 15) is 4.79 Å². The van der Waals surface area contributed by atoms with Gasteiger partial charge in [-0.1, -0.05) is 11.6 Å². The first-order chi connectivity index (χ1) is 8.04. The third-order valence-electron chi connectivity index (χ3n) is 3.27. The van der Waals surface area contributed by atoms with E-state index in [1.807, 2.05) is 19.2 Å². The van der Waals surface area contributed by atoms with Gasteiger partial charge in [0.2, 0.25) is 5.91 Å². The van der Waals surface area contributed by atoms with E-state index in [0.29, 0.717) is 13.0 Å². The van der Waals surface area contributed by atoms with Crippen LogP contribution in [0.15, 0.2) is 12.1 Å². The van der Waals surface area contributed by atoms with Gasteiger partial charge in [0.25, 0.3) is 0 Å². The Hall–Kier alpha value is -0.190. The molecule has 0 atom stereocenters. The molecular formula is C12H16ClNOS2. The van der Waals surface area contributed by atoms with Crippen LogP contribution < -0.4 is 0 Å². The Kier molecular flexibility index (Phi) is 4.06. The lowest BCUT2D eigenvalue weighted by Crippen LogP contribution is -2.28. The van der Waals surface area contributed by atoms with Gasteiger partial charge in [-0.2, -0.15) is 12.6 Å². The summed E-state index contributed by atoms with van der Waals surface area (Å²) in [6.07, 6.45) is 2.91. The summed E-state index contributed by atoms with van der Waals surface area (Å²) in [5, 5.41) is 0. The maximum atomic E-state index is 12.0. The number of amides is 1. The molecule has 0 saturated heterocycles. The number of halogens is 1. The molecule has 0 N–H and O–H groups in total. The SMILES string of the molecule is CN(Cc1ccc(Cl)s1)C(=O)CC1(CS)CC1. The Morgan fingerprint density at radius 1 is 1.59 bits per heavy atom. The summed E-state index contributed by atoms with van der Waals surface area (Å²) in [5.41, 5.74) is 0.196. The van der Waals surface area contributed by atoms with Crippen LogP contribution in [0.4, 0.5) is 0 Å². The molecule has 1 aliphatic carbocycles. The molecule has 1 aromatic rings. The second-order valence-electron chi connectivity index (χ2n) is 4.79. The molecule has 0 spiro atoms. The van der Waals surface area contributed by atoms with Crippen molar-refractivity contribution in [3.05, 3.63) is 21.3 Å². The molecule has 5 heteroatoms. The first-order valence-corrected chi connectivity index (χ1v) is 7.46. The Morgan fingerprint density at radius 3 is 2.76 bits per heavy atom. The van der Waals surface area contributed by atoms with Crippen LogP contribution in [-0.4, -0.2) is 23.6 Å². The van der Waals surface area contributed by atoms with Gasteiger partial charge < -0.3 is 4.90 Å². The van der Waals surface area contributed by atoms with Crippen molar-refractivity contribution in [1.82, 2.24) is 4.90 Å². The van der Waals surface area contributed by atoms with Crippen molar-refractivity contribution >= 4 is 41.5 Å². The number of rotatable bonds is 5. The minimum Gasteiger partial charge on any atom is -0.341 e. The summed E-state index contributed by atoms with van der Waals surface area (Å²) in [6.45, 7) is 0.652. The van der Waals surface area contributed by atoms with Crippen LogP contribution in [0.3, 0.4) is 0 Å². The zero-order valence-electron chi connectivity index (χ0n) is 9.78. The molecule has 0 unspecified atom stereocenters. The van der Waals surface area contributed by atoms with Crippen LogP contribution in [-0.2, 0) is 11.3 Å². The van der Waals surface area contributed by atoms with Crippen molar-refractivity contribution in [3.8, 4) is 0 Å². The number of nitrogens with zero attached hydrogens (tertiary/aromatic N) is 1. The van der Waals surface area contributed by atoms with Crippen molar-refractivity contribution in [2.45, 2.75) is 25.8 Å². The zero-order valence-corrected chi connectivity index (χ0v) is 12.2. The summed E-state index contributed by atoms with van der Waals surface area (Å²) in [5.74, 6) is 1.03. The molecular weight excluding hydrogens is 274 g/mol. The molecule has 0 aromatic carbocycles. The number of hydrogen-bond acceptors (Lipinski definition) is 3. The predicted molar refractivity (Wildman–Crippen MR) is 75.9 cm³/mol. The van der Waals surface area contributed by atoms with Crippen molar-refractivity contribution in [2.75, 3.05) is 12.8 Å². The van der Waals surface area contributed by atoms with Gasteiger partial charge in [-0.25, -0.2) is 0 Å². The molecule has 1 fully saturated rings.